The molecule has 0 aliphatic heterocycles. The molecule has 0 amide bonds. The Morgan fingerprint density at radius 3 is 2.63 bits per heavy atom. The minimum Gasteiger partial charge on any atom is -0.490 e. The molecule has 104 valence electrons. The highest BCUT2D eigenvalue weighted by molar-refractivity contribution is 6.34. The lowest BCUT2D eigenvalue weighted by Crippen LogP contribution is -2.04. The Morgan fingerprint density at radius 1 is 1.21 bits per heavy atom. The van der Waals surface area contributed by atoms with Gasteiger partial charge in [0.25, 0.3) is 0 Å². The molecule has 4 heteroatoms. The number of benzene rings is 1. The Hall–Kier alpha value is -1.84. The van der Waals surface area contributed by atoms with Crippen LogP contribution >= 0.6 is 0 Å². The lowest BCUT2D eigenvalue weighted by atomic mass is 10.1. The number of Topliss-reactive ketones (excluding diaryl/α,β-unsaturated/α-hetero) is 1. The molecule has 0 atom stereocenters. The molecule has 0 aliphatic rings. The maximum absolute atomic E-state index is 11.4. The van der Waals surface area contributed by atoms with E-state index in [0.717, 1.165) is 25.5 Å². The molecule has 1 aromatic carbocycles. The zero-order chi connectivity index (χ0) is 14.1. The van der Waals surface area contributed by atoms with Crippen molar-refractivity contribution in [3.8, 4) is 11.5 Å². The van der Waals surface area contributed by atoms with Crippen molar-refractivity contribution in [2.75, 3.05) is 13.2 Å². The Balaban J connectivity index is 2.79. The van der Waals surface area contributed by atoms with Crippen LogP contribution in [-0.2, 0) is 0 Å². The molecule has 0 aliphatic carbocycles. The monoisotopic (exact) mass is 263 g/mol. The smallest absolute Gasteiger partial charge is 0.203 e. The van der Waals surface area contributed by atoms with Crippen LogP contribution in [-0.4, -0.2) is 25.2 Å². The van der Waals surface area contributed by atoms with Crippen molar-refractivity contribution in [1.82, 2.24) is 0 Å². The molecule has 4 nitrogen and oxygen atoms in total. The summed E-state index contributed by atoms with van der Waals surface area (Å²) in [5, 5.41) is 6.98. The number of unbranched alkanes of at least 4 members (excludes halogenated alkanes) is 2. The van der Waals surface area contributed by atoms with Crippen LogP contribution in [0.15, 0.2) is 18.2 Å². The van der Waals surface area contributed by atoms with Crippen molar-refractivity contribution in [1.29, 1.82) is 5.41 Å². The maximum atomic E-state index is 11.4. The third-order valence-corrected chi connectivity index (χ3v) is 2.66. The molecule has 1 aromatic rings. The Kier molecular flexibility index (Phi) is 6.64. The van der Waals surface area contributed by atoms with Gasteiger partial charge in [0.1, 0.15) is 0 Å². The summed E-state index contributed by atoms with van der Waals surface area (Å²) in [4.78, 5) is 11.4. The van der Waals surface area contributed by atoms with Crippen LogP contribution < -0.4 is 9.47 Å². The zero-order valence-electron chi connectivity index (χ0n) is 11.6. The summed E-state index contributed by atoms with van der Waals surface area (Å²) < 4.78 is 11.1. The van der Waals surface area contributed by atoms with Gasteiger partial charge in [-0.05, 0) is 31.5 Å². The predicted molar refractivity (Wildman–Crippen MR) is 75.7 cm³/mol. The van der Waals surface area contributed by atoms with E-state index in [2.05, 4.69) is 6.92 Å². The second-order valence-electron chi connectivity index (χ2n) is 4.16. The molecule has 0 fully saturated rings. The minimum atomic E-state index is -0.335. The van der Waals surface area contributed by atoms with Gasteiger partial charge in [-0.25, -0.2) is 0 Å². The summed E-state index contributed by atoms with van der Waals surface area (Å²) in [6.07, 6.45) is 4.08. The third-order valence-electron chi connectivity index (χ3n) is 2.66. The number of hydrogen-bond acceptors (Lipinski definition) is 4. The molecule has 0 bridgehead atoms. The van der Waals surface area contributed by atoms with Gasteiger partial charge in [0, 0.05) is 5.56 Å². The first-order chi connectivity index (χ1) is 9.22. The van der Waals surface area contributed by atoms with Crippen molar-refractivity contribution in [3.63, 3.8) is 0 Å². The summed E-state index contributed by atoms with van der Waals surface area (Å²) in [7, 11) is 0. The molecule has 0 spiro atoms. The molecular weight excluding hydrogens is 242 g/mol. The van der Waals surface area contributed by atoms with Gasteiger partial charge < -0.3 is 14.9 Å². The number of ketones is 1. The van der Waals surface area contributed by atoms with Crippen LogP contribution in [0.25, 0.3) is 0 Å². The van der Waals surface area contributed by atoms with Crippen molar-refractivity contribution in [3.05, 3.63) is 23.8 Å². The van der Waals surface area contributed by atoms with E-state index in [0.29, 0.717) is 30.3 Å². The average Bonchev–Trinajstić information content (AvgIpc) is 2.44. The van der Waals surface area contributed by atoms with Gasteiger partial charge in [-0.15, -0.1) is 0 Å². The Labute approximate surface area is 114 Å². The van der Waals surface area contributed by atoms with Crippen LogP contribution in [0.3, 0.4) is 0 Å². The van der Waals surface area contributed by atoms with Crippen molar-refractivity contribution < 1.29 is 14.3 Å². The van der Waals surface area contributed by atoms with Gasteiger partial charge in [0.05, 0.1) is 19.4 Å². The molecule has 0 saturated carbocycles. The van der Waals surface area contributed by atoms with E-state index in [-0.39, 0.29) is 5.78 Å². The van der Waals surface area contributed by atoms with E-state index in [9.17, 15) is 4.79 Å². The van der Waals surface area contributed by atoms with E-state index >= 15 is 0 Å². The molecule has 1 N–H and O–H groups in total. The third kappa shape index (κ3) is 4.73. The van der Waals surface area contributed by atoms with Gasteiger partial charge >= 0.3 is 0 Å². The highest BCUT2D eigenvalue weighted by Gasteiger charge is 2.10. The fourth-order valence-electron chi connectivity index (χ4n) is 1.67. The second-order valence-corrected chi connectivity index (χ2v) is 4.16. The lowest BCUT2D eigenvalue weighted by Gasteiger charge is -2.12. The number of carbonyl (C=O) groups is 1. The molecule has 1 rings (SSSR count). The number of ether oxygens (including phenoxy) is 2. The second kappa shape index (κ2) is 8.29. The first kappa shape index (κ1) is 15.2. The standard InChI is InChI=1S/C15H21NO3/c1-3-5-6-9-19-14-8-7-12(13(17)11-16)10-15(14)18-4-2/h7-8,10-11,16H,3-6,9H2,1-2H3. The van der Waals surface area contributed by atoms with Gasteiger partial charge in [-0.3, -0.25) is 4.79 Å². The van der Waals surface area contributed by atoms with Crippen molar-refractivity contribution in [2.24, 2.45) is 0 Å². The number of hydrogen-bond donors (Lipinski definition) is 1. The van der Waals surface area contributed by atoms with E-state index in [1.807, 2.05) is 6.92 Å². The molecule has 19 heavy (non-hydrogen) atoms. The van der Waals surface area contributed by atoms with E-state index in [4.69, 9.17) is 14.9 Å². The van der Waals surface area contributed by atoms with Crippen LogP contribution in [0.1, 0.15) is 43.5 Å². The number of carbonyl (C=O) groups excluding carboxylic acids is 1. The minimum absolute atomic E-state index is 0.335. The highest BCUT2D eigenvalue weighted by Crippen LogP contribution is 2.28. The molecule has 0 saturated heterocycles. The van der Waals surface area contributed by atoms with Crippen LogP contribution in [0.4, 0.5) is 0 Å². The number of nitrogens with one attached hydrogen (secondary N) is 1. The van der Waals surface area contributed by atoms with Gasteiger partial charge in [-0.2, -0.15) is 0 Å². The fourth-order valence-corrected chi connectivity index (χ4v) is 1.67. The summed E-state index contributed by atoms with van der Waals surface area (Å²) in [6, 6.07) is 5.02. The van der Waals surface area contributed by atoms with Crippen LogP contribution in [0.5, 0.6) is 11.5 Å². The quantitative estimate of drug-likeness (QED) is 0.421. The average molecular weight is 263 g/mol. The predicted octanol–water partition coefficient (Wildman–Crippen LogP) is 3.49. The van der Waals surface area contributed by atoms with Gasteiger partial charge in [0.15, 0.2) is 11.5 Å². The van der Waals surface area contributed by atoms with Crippen molar-refractivity contribution >= 4 is 12.0 Å². The summed E-state index contributed by atoms with van der Waals surface area (Å²) in [5.74, 6) is 0.879. The first-order valence-electron chi connectivity index (χ1n) is 6.67. The van der Waals surface area contributed by atoms with Gasteiger partial charge in [0.2, 0.25) is 5.78 Å². The van der Waals surface area contributed by atoms with Gasteiger partial charge in [-0.1, -0.05) is 19.8 Å². The summed E-state index contributed by atoms with van der Waals surface area (Å²) >= 11 is 0. The Bertz CT molecular complexity index is 429. The fraction of sp³-hybridized carbons (Fsp3) is 0.467. The summed E-state index contributed by atoms with van der Waals surface area (Å²) in [5.41, 5.74) is 0.444. The Morgan fingerprint density at radius 2 is 2.00 bits per heavy atom. The molecule has 0 unspecified atom stereocenters. The molecule has 0 aromatic heterocycles. The topological polar surface area (TPSA) is 59.4 Å². The number of rotatable bonds is 9. The summed E-state index contributed by atoms with van der Waals surface area (Å²) in [6.45, 7) is 5.18. The highest BCUT2D eigenvalue weighted by atomic mass is 16.5. The molecular formula is C15H21NO3. The largest absolute Gasteiger partial charge is 0.490 e. The molecule has 0 heterocycles. The molecule has 0 radical (unpaired) electrons. The van der Waals surface area contributed by atoms with Crippen LogP contribution in [0, 0.1) is 5.41 Å². The lowest BCUT2D eigenvalue weighted by molar-refractivity contribution is 0.106. The normalized spacial score (nSPS) is 10.0. The van der Waals surface area contributed by atoms with Crippen molar-refractivity contribution in [2.45, 2.75) is 33.1 Å². The SMILES string of the molecule is CCCCCOc1ccc(C(=O)C=N)cc1OCC. The van der Waals surface area contributed by atoms with Crippen LogP contribution in [0.2, 0.25) is 0 Å². The van der Waals surface area contributed by atoms with E-state index in [1.54, 1.807) is 18.2 Å². The van der Waals surface area contributed by atoms with E-state index < -0.39 is 0 Å². The first-order valence-corrected chi connectivity index (χ1v) is 6.67. The zero-order valence-corrected chi connectivity index (χ0v) is 11.6. The maximum Gasteiger partial charge on any atom is 0.203 e. The van der Waals surface area contributed by atoms with E-state index in [1.165, 1.54) is 0 Å².